The molecule has 0 spiro atoms. The molecule has 2 aromatic rings. The smallest absolute Gasteiger partial charge is 0.332 e. The molecule has 0 radical (unpaired) electrons. The molecule has 20 heavy (non-hydrogen) atoms. The quantitative estimate of drug-likeness (QED) is 0.866. The van der Waals surface area contributed by atoms with Crippen molar-refractivity contribution < 1.29 is 9.53 Å². The molecule has 2 rings (SSSR count). The molecule has 2 aromatic carbocycles. The van der Waals surface area contributed by atoms with Gasteiger partial charge in [-0.3, -0.25) is 0 Å². The predicted octanol–water partition coefficient (Wildman–Crippen LogP) is 3.97. The number of ether oxygens (including phenoxy) is 1. The van der Waals surface area contributed by atoms with Crippen molar-refractivity contribution in [3.63, 3.8) is 0 Å². The molecule has 0 fully saturated rings. The van der Waals surface area contributed by atoms with E-state index in [9.17, 15) is 4.79 Å². The van der Waals surface area contributed by atoms with Gasteiger partial charge in [-0.15, -0.1) is 0 Å². The minimum Gasteiger partial charge on any atom is -0.467 e. The van der Waals surface area contributed by atoms with E-state index in [2.05, 4.69) is 5.32 Å². The monoisotopic (exact) mass is 289 g/mol. The Morgan fingerprint density at radius 2 is 1.70 bits per heavy atom. The third-order valence-electron chi connectivity index (χ3n) is 3.00. The number of carbonyl (C=O) groups excluding carboxylic acids is 1. The highest BCUT2D eigenvalue weighted by molar-refractivity contribution is 6.30. The van der Waals surface area contributed by atoms with E-state index in [1.807, 2.05) is 43.3 Å². The van der Waals surface area contributed by atoms with Crippen molar-refractivity contribution in [2.45, 2.75) is 13.0 Å². The summed E-state index contributed by atoms with van der Waals surface area (Å²) in [7, 11) is 1.38. The van der Waals surface area contributed by atoms with Crippen LogP contribution in [0.1, 0.15) is 17.2 Å². The Morgan fingerprint density at radius 3 is 2.25 bits per heavy atom. The molecule has 0 saturated heterocycles. The molecule has 0 bridgehead atoms. The van der Waals surface area contributed by atoms with E-state index < -0.39 is 6.04 Å². The van der Waals surface area contributed by atoms with Crippen LogP contribution in [-0.4, -0.2) is 13.1 Å². The Morgan fingerprint density at radius 1 is 1.10 bits per heavy atom. The van der Waals surface area contributed by atoms with Crippen molar-refractivity contribution in [2.75, 3.05) is 12.4 Å². The third-order valence-corrected chi connectivity index (χ3v) is 3.25. The van der Waals surface area contributed by atoms with E-state index in [4.69, 9.17) is 16.3 Å². The second kappa shape index (κ2) is 6.44. The van der Waals surface area contributed by atoms with E-state index in [0.29, 0.717) is 5.02 Å². The predicted molar refractivity (Wildman–Crippen MR) is 81.0 cm³/mol. The molecule has 0 aliphatic carbocycles. The fourth-order valence-electron chi connectivity index (χ4n) is 1.87. The Balaban J connectivity index is 2.26. The number of methoxy groups -OCH3 is 1. The second-order valence-corrected chi connectivity index (χ2v) is 4.95. The molecule has 1 N–H and O–H groups in total. The summed E-state index contributed by atoms with van der Waals surface area (Å²) in [6, 6.07) is 14.4. The zero-order chi connectivity index (χ0) is 14.5. The van der Waals surface area contributed by atoms with Crippen molar-refractivity contribution in [3.05, 3.63) is 64.7 Å². The minimum absolute atomic E-state index is 0.340. The number of anilines is 1. The first kappa shape index (κ1) is 14.4. The largest absolute Gasteiger partial charge is 0.467 e. The average Bonchev–Trinajstić information content (AvgIpc) is 2.47. The SMILES string of the molecule is COC(=O)C(Nc1ccc(C)cc1)c1ccc(Cl)cc1. The molecule has 0 aliphatic rings. The normalized spacial score (nSPS) is 11.8. The molecule has 0 saturated carbocycles. The lowest BCUT2D eigenvalue weighted by Gasteiger charge is -2.18. The highest BCUT2D eigenvalue weighted by Gasteiger charge is 2.21. The summed E-state index contributed by atoms with van der Waals surface area (Å²) in [5, 5.41) is 3.81. The summed E-state index contributed by atoms with van der Waals surface area (Å²) in [5.41, 5.74) is 2.83. The fourth-order valence-corrected chi connectivity index (χ4v) is 1.99. The number of nitrogens with one attached hydrogen (secondary N) is 1. The van der Waals surface area contributed by atoms with Gasteiger partial charge in [0.05, 0.1) is 7.11 Å². The average molecular weight is 290 g/mol. The first-order valence-electron chi connectivity index (χ1n) is 6.26. The Labute approximate surface area is 123 Å². The van der Waals surface area contributed by atoms with Gasteiger partial charge in [0.25, 0.3) is 0 Å². The molecular weight excluding hydrogens is 274 g/mol. The van der Waals surface area contributed by atoms with Gasteiger partial charge < -0.3 is 10.1 Å². The van der Waals surface area contributed by atoms with E-state index >= 15 is 0 Å². The summed E-state index contributed by atoms with van der Waals surface area (Å²) >= 11 is 5.87. The number of benzene rings is 2. The summed E-state index contributed by atoms with van der Waals surface area (Å²) in [6.45, 7) is 2.01. The van der Waals surface area contributed by atoms with Crippen molar-refractivity contribution in [2.24, 2.45) is 0 Å². The topological polar surface area (TPSA) is 38.3 Å². The van der Waals surface area contributed by atoms with Gasteiger partial charge >= 0.3 is 5.97 Å². The molecule has 3 nitrogen and oxygen atoms in total. The van der Waals surface area contributed by atoms with Gasteiger partial charge in [0.2, 0.25) is 0 Å². The van der Waals surface area contributed by atoms with Crippen molar-refractivity contribution in [1.29, 1.82) is 0 Å². The first-order valence-corrected chi connectivity index (χ1v) is 6.64. The number of aryl methyl sites for hydroxylation is 1. The number of rotatable bonds is 4. The zero-order valence-electron chi connectivity index (χ0n) is 11.4. The van der Waals surface area contributed by atoms with Crippen LogP contribution in [0.25, 0.3) is 0 Å². The van der Waals surface area contributed by atoms with Crippen LogP contribution in [0.4, 0.5) is 5.69 Å². The first-order chi connectivity index (χ1) is 9.60. The summed E-state index contributed by atoms with van der Waals surface area (Å²) in [6.07, 6.45) is 0. The van der Waals surface area contributed by atoms with Gasteiger partial charge in [-0.05, 0) is 36.8 Å². The van der Waals surface area contributed by atoms with Crippen LogP contribution >= 0.6 is 11.6 Å². The summed E-state index contributed by atoms with van der Waals surface area (Å²) in [5.74, 6) is -0.340. The van der Waals surface area contributed by atoms with Crippen LogP contribution in [0.2, 0.25) is 5.02 Å². The molecule has 4 heteroatoms. The summed E-state index contributed by atoms with van der Waals surface area (Å²) in [4.78, 5) is 12.0. The highest BCUT2D eigenvalue weighted by atomic mass is 35.5. The molecule has 0 amide bonds. The van der Waals surface area contributed by atoms with Crippen LogP contribution in [0.3, 0.4) is 0 Å². The molecule has 0 aliphatic heterocycles. The summed E-state index contributed by atoms with van der Waals surface area (Å²) < 4.78 is 4.86. The maximum absolute atomic E-state index is 12.0. The molecule has 104 valence electrons. The molecule has 1 unspecified atom stereocenters. The van der Waals surface area contributed by atoms with Gasteiger partial charge in [-0.25, -0.2) is 4.79 Å². The lowest BCUT2D eigenvalue weighted by atomic mass is 10.1. The second-order valence-electron chi connectivity index (χ2n) is 4.52. The van der Waals surface area contributed by atoms with Crippen LogP contribution in [-0.2, 0) is 9.53 Å². The lowest BCUT2D eigenvalue weighted by Crippen LogP contribution is -2.22. The highest BCUT2D eigenvalue weighted by Crippen LogP contribution is 2.22. The molecular formula is C16H16ClNO2. The van der Waals surface area contributed by atoms with E-state index in [-0.39, 0.29) is 5.97 Å². The van der Waals surface area contributed by atoms with Crippen LogP contribution in [0.15, 0.2) is 48.5 Å². The zero-order valence-corrected chi connectivity index (χ0v) is 12.1. The molecule has 1 atom stereocenters. The van der Waals surface area contributed by atoms with Crippen LogP contribution < -0.4 is 5.32 Å². The number of hydrogen-bond acceptors (Lipinski definition) is 3. The molecule has 0 heterocycles. The van der Waals surface area contributed by atoms with Gasteiger partial charge in [-0.2, -0.15) is 0 Å². The van der Waals surface area contributed by atoms with E-state index in [1.54, 1.807) is 12.1 Å². The maximum Gasteiger partial charge on any atom is 0.332 e. The lowest BCUT2D eigenvalue weighted by molar-refractivity contribution is -0.141. The van der Waals surface area contributed by atoms with Crippen molar-refractivity contribution >= 4 is 23.3 Å². The van der Waals surface area contributed by atoms with E-state index in [0.717, 1.165) is 16.8 Å². The third kappa shape index (κ3) is 3.52. The van der Waals surface area contributed by atoms with Gasteiger partial charge in [-0.1, -0.05) is 41.4 Å². The maximum atomic E-state index is 12.0. The van der Waals surface area contributed by atoms with E-state index in [1.165, 1.54) is 7.11 Å². The van der Waals surface area contributed by atoms with Gasteiger partial charge in [0.15, 0.2) is 6.04 Å². The van der Waals surface area contributed by atoms with Crippen molar-refractivity contribution in [1.82, 2.24) is 0 Å². The Hall–Kier alpha value is -2.00. The standard InChI is InChI=1S/C16H16ClNO2/c1-11-3-9-14(10-4-11)18-15(16(19)20-2)12-5-7-13(17)8-6-12/h3-10,15,18H,1-2H3. The minimum atomic E-state index is -0.556. The number of halogens is 1. The van der Waals surface area contributed by atoms with Gasteiger partial charge in [0.1, 0.15) is 0 Å². The fraction of sp³-hybridized carbons (Fsp3) is 0.188. The number of carbonyl (C=O) groups is 1. The van der Waals surface area contributed by atoms with Crippen LogP contribution in [0, 0.1) is 6.92 Å². The number of hydrogen-bond donors (Lipinski definition) is 1. The van der Waals surface area contributed by atoms with Crippen LogP contribution in [0.5, 0.6) is 0 Å². The Kier molecular flexibility index (Phi) is 4.64. The Bertz CT molecular complexity index is 578. The number of esters is 1. The molecule has 0 aromatic heterocycles. The van der Waals surface area contributed by atoms with Gasteiger partial charge in [0, 0.05) is 10.7 Å². The van der Waals surface area contributed by atoms with Crippen molar-refractivity contribution in [3.8, 4) is 0 Å².